The Morgan fingerprint density at radius 1 is 1.28 bits per heavy atom. The van der Waals surface area contributed by atoms with Crippen LogP contribution >= 0.6 is 15.9 Å². The molecular weight excluding hydrogens is 296 g/mol. The maximum atomic E-state index is 11.5. The van der Waals surface area contributed by atoms with Crippen molar-refractivity contribution in [3.05, 3.63) is 34.3 Å². The molecule has 18 heavy (non-hydrogen) atoms. The van der Waals surface area contributed by atoms with E-state index in [0.29, 0.717) is 0 Å². The van der Waals surface area contributed by atoms with Crippen LogP contribution in [0.2, 0.25) is 0 Å². The summed E-state index contributed by atoms with van der Waals surface area (Å²) in [6, 6.07) is 7.84. The van der Waals surface area contributed by atoms with Gasteiger partial charge in [-0.2, -0.15) is 0 Å². The van der Waals surface area contributed by atoms with Crippen LogP contribution in [0.25, 0.3) is 0 Å². The Morgan fingerprint density at radius 3 is 2.50 bits per heavy atom. The van der Waals surface area contributed by atoms with E-state index >= 15 is 0 Å². The number of carboxylic acid groups (broad SMARTS) is 1. The van der Waals surface area contributed by atoms with Gasteiger partial charge in [0.05, 0.1) is 5.92 Å². The number of hydrogen-bond acceptors (Lipinski definition) is 2. The molecule has 0 spiro atoms. The van der Waals surface area contributed by atoms with Crippen molar-refractivity contribution in [2.24, 2.45) is 11.8 Å². The summed E-state index contributed by atoms with van der Waals surface area (Å²) in [5, 5.41) is 18.8. The molecule has 2 rings (SSSR count). The molecule has 0 radical (unpaired) electrons. The minimum absolute atomic E-state index is 0.0153. The molecule has 1 aromatic rings. The van der Waals surface area contributed by atoms with E-state index in [9.17, 15) is 15.0 Å². The Kier molecular flexibility index (Phi) is 4.40. The van der Waals surface area contributed by atoms with Crippen LogP contribution in [0, 0.1) is 11.8 Å². The van der Waals surface area contributed by atoms with Gasteiger partial charge in [0.15, 0.2) is 0 Å². The third-order valence-electron chi connectivity index (χ3n) is 3.85. The van der Waals surface area contributed by atoms with Crippen molar-refractivity contribution in [3.8, 4) is 0 Å². The van der Waals surface area contributed by atoms with Crippen LogP contribution in [0.5, 0.6) is 0 Å². The molecule has 1 fully saturated rings. The van der Waals surface area contributed by atoms with Gasteiger partial charge in [-0.05, 0) is 42.4 Å². The second kappa shape index (κ2) is 5.85. The normalized spacial score (nSPS) is 28.0. The molecule has 1 aromatic carbocycles. The van der Waals surface area contributed by atoms with Crippen LogP contribution in [-0.4, -0.2) is 22.8 Å². The Labute approximate surface area is 115 Å². The average molecular weight is 313 g/mol. The first-order valence-corrected chi connectivity index (χ1v) is 7.02. The van der Waals surface area contributed by atoms with Gasteiger partial charge in [0.25, 0.3) is 0 Å². The molecule has 2 N–H and O–H groups in total. The van der Waals surface area contributed by atoms with E-state index in [-0.39, 0.29) is 18.4 Å². The first-order chi connectivity index (χ1) is 8.63. The number of aliphatic hydroxyl groups excluding tert-OH is 1. The van der Waals surface area contributed by atoms with E-state index in [1.54, 1.807) is 0 Å². The third-order valence-corrected chi connectivity index (χ3v) is 4.38. The maximum Gasteiger partial charge on any atom is 0.307 e. The molecular formula is C14H17BrO3. The fourth-order valence-electron chi connectivity index (χ4n) is 2.95. The van der Waals surface area contributed by atoms with Crippen molar-refractivity contribution in [3.63, 3.8) is 0 Å². The number of hydrogen-bond donors (Lipinski definition) is 2. The molecule has 0 saturated heterocycles. The van der Waals surface area contributed by atoms with E-state index in [1.807, 2.05) is 24.3 Å². The summed E-state index contributed by atoms with van der Waals surface area (Å²) in [5.74, 6) is -1.36. The van der Waals surface area contributed by atoms with Gasteiger partial charge < -0.3 is 10.2 Å². The van der Waals surface area contributed by atoms with Crippen molar-refractivity contribution in [2.45, 2.75) is 25.2 Å². The fourth-order valence-corrected chi connectivity index (χ4v) is 3.21. The summed E-state index contributed by atoms with van der Waals surface area (Å²) in [6.07, 6.45) is 2.67. The largest absolute Gasteiger partial charge is 0.481 e. The van der Waals surface area contributed by atoms with Crippen LogP contribution in [0.15, 0.2) is 28.7 Å². The van der Waals surface area contributed by atoms with Gasteiger partial charge in [-0.25, -0.2) is 0 Å². The van der Waals surface area contributed by atoms with E-state index in [4.69, 9.17) is 0 Å². The van der Waals surface area contributed by atoms with Crippen molar-refractivity contribution >= 4 is 21.9 Å². The molecule has 98 valence electrons. The first kappa shape index (κ1) is 13.6. The van der Waals surface area contributed by atoms with Crippen molar-refractivity contribution < 1.29 is 15.0 Å². The van der Waals surface area contributed by atoms with Crippen molar-refractivity contribution in [1.29, 1.82) is 0 Å². The zero-order valence-corrected chi connectivity index (χ0v) is 11.6. The predicted molar refractivity (Wildman–Crippen MR) is 72.4 cm³/mol. The molecule has 0 amide bonds. The SMILES string of the molecule is O=C(O)C1[C@H](CO)CCC[C@H]1c1ccc(Br)cc1. The zero-order chi connectivity index (χ0) is 13.1. The highest BCUT2D eigenvalue weighted by Crippen LogP contribution is 2.41. The fraction of sp³-hybridized carbons (Fsp3) is 0.500. The molecule has 0 heterocycles. The number of rotatable bonds is 3. The quantitative estimate of drug-likeness (QED) is 0.902. The van der Waals surface area contributed by atoms with Gasteiger partial charge in [0, 0.05) is 11.1 Å². The van der Waals surface area contributed by atoms with Crippen molar-refractivity contribution in [1.82, 2.24) is 0 Å². The molecule has 4 heteroatoms. The highest BCUT2D eigenvalue weighted by atomic mass is 79.9. The number of aliphatic carboxylic acids is 1. The maximum absolute atomic E-state index is 11.5. The molecule has 1 unspecified atom stereocenters. The Morgan fingerprint density at radius 2 is 1.94 bits per heavy atom. The summed E-state index contributed by atoms with van der Waals surface area (Å²) < 4.78 is 0.993. The molecule has 0 aliphatic heterocycles. The molecule has 0 aromatic heterocycles. The van der Waals surface area contributed by atoms with Gasteiger partial charge in [0.1, 0.15) is 0 Å². The lowest BCUT2D eigenvalue weighted by molar-refractivity contribution is -0.146. The number of halogens is 1. The number of carbonyl (C=O) groups is 1. The Balaban J connectivity index is 2.28. The van der Waals surface area contributed by atoms with E-state index in [2.05, 4.69) is 15.9 Å². The predicted octanol–water partition coefficient (Wildman–Crippen LogP) is 3.03. The highest BCUT2D eigenvalue weighted by molar-refractivity contribution is 9.10. The number of aliphatic hydroxyl groups is 1. The van der Waals surface area contributed by atoms with Crippen LogP contribution in [0.4, 0.5) is 0 Å². The summed E-state index contributed by atoms with van der Waals surface area (Å²) >= 11 is 3.38. The first-order valence-electron chi connectivity index (χ1n) is 6.22. The average Bonchev–Trinajstić information content (AvgIpc) is 2.38. The third kappa shape index (κ3) is 2.75. The molecule has 1 saturated carbocycles. The minimum atomic E-state index is -0.790. The lowest BCUT2D eigenvalue weighted by Crippen LogP contribution is -2.35. The van der Waals surface area contributed by atoms with Crippen LogP contribution in [0.1, 0.15) is 30.7 Å². The standard InChI is InChI=1S/C14H17BrO3/c15-11-6-4-9(5-7-11)12-3-1-2-10(8-16)13(12)14(17)18/h4-7,10,12-13,16H,1-3,8H2,(H,17,18)/t10-,12-,13?/m0/s1. The van der Waals surface area contributed by atoms with E-state index < -0.39 is 11.9 Å². The smallest absolute Gasteiger partial charge is 0.307 e. The summed E-state index contributed by atoms with van der Waals surface area (Å²) in [5.41, 5.74) is 1.06. The Hall–Kier alpha value is -0.870. The topological polar surface area (TPSA) is 57.5 Å². The number of benzene rings is 1. The monoisotopic (exact) mass is 312 g/mol. The summed E-state index contributed by atoms with van der Waals surface area (Å²) in [6.45, 7) is -0.0377. The van der Waals surface area contributed by atoms with E-state index in [1.165, 1.54) is 0 Å². The molecule has 1 aliphatic rings. The Bertz CT molecular complexity index is 416. The molecule has 3 atom stereocenters. The second-order valence-corrected chi connectivity index (χ2v) is 5.81. The second-order valence-electron chi connectivity index (χ2n) is 4.90. The number of carboxylic acids is 1. The zero-order valence-electron chi connectivity index (χ0n) is 10.1. The van der Waals surface area contributed by atoms with Gasteiger partial charge in [-0.1, -0.05) is 34.5 Å². The molecule has 1 aliphatic carbocycles. The minimum Gasteiger partial charge on any atom is -0.481 e. The van der Waals surface area contributed by atoms with Crippen molar-refractivity contribution in [2.75, 3.05) is 6.61 Å². The lowest BCUT2D eigenvalue weighted by atomic mass is 9.69. The van der Waals surface area contributed by atoms with Crippen LogP contribution < -0.4 is 0 Å². The van der Waals surface area contributed by atoms with Gasteiger partial charge in [-0.3, -0.25) is 4.79 Å². The van der Waals surface area contributed by atoms with Crippen LogP contribution in [0.3, 0.4) is 0 Å². The molecule has 0 bridgehead atoms. The van der Waals surface area contributed by atoms with Crippen LogP contribution in [-0.2, 0) is 4.79 Å². The van der Waals surface area contributed by atoms with Gasteiger partial charge in [0.2, 0.25) is 0 Å². The van der Waals surface area contributed by atoms with E-state index in [0.717, 1.165) is 29.3 Å². The summed E-state index contributed by atoms with van der Waals surface area (Å²) in [7, 11) is 0. The summed E-state index contributed by atoms with van der Waals surface area (Å²) in [4.78, 5) is 11.5. The highest BCUT2D eigenvalue weighted by Gasteiger charge is 2.38. The van der Waals surface area contributed by atoms with Gasteiger partial charge >= 0.3 is 5.97 Å². The van der Waals surface area contributed by atoms with Gasteiger partial charge in [-0.15, -0.1) is 0 Å². The molecule has 3 nitrogen and oxygen atoms in total. The lowest BCUT2D eigenvalue weighted by Gasteiger charge is -2.35.